The minimum absolute atomic E-state index is 0.0518. The second-order valence-electron chi connectivity index (χ2n) is 6.44. The highest BCUT2D eigenvalue weighted by Gasteiger charge is 2.32. The first kappa shape index (κ1) is 15.7. The molecule has 130 valence electrons. The molecule has 1 aromatic carbocycles. The van der Waals surface area contributed by atoms with Gasteiger partial charge in [-0.25, -0.2) is 0 Å². The fraction of sp³-hybridized carbons (Fsp3) is 0.368. The monoisotopic (exact) mass is 340 g/mol. The summed E-state index contributed by atoms with van der Waals surface area (Å²) in [5.41, 5.74) is 1.61. The maximum Gasteiger partial charge on any atom is 0.260 e. The third kappa shape index (κ3) is 2.88. The first-order valence-corrected chi connectivity index (χ1v) is 8.54. The maximum atomic E-state index is 12.9. The number of nitrogens with one attached hydrogen (secondary N) is 1. The van der Waals surface area contributed by atoms with Crippen molar-refractivity contribution in [1.29, 1.82) is 0 Å². The summed E-state index contributed by atoms with van der Waals surface area (Å²) in [7, 11) is 0. The molecule has 1 atom stereocenters. The molecule has 0 spiro atoms. The van der Waals surface area contributed by atoms with Gasteiger partial charge in [-0.1, -0.05) is 6.07 Å². The molecule has 25 heavy (non-hydrogen) atoms. The third-order valence-electron chi connectivity index (χ3n) is 4.75. The number of aromatic nitrogens is 1. The number of fused-ring (bicyclic) bond motifs is 1. The van der Waals surface area contributed by atoms with Gasteiger partial charge in [-0.2, -0.15) is 0 Å². The van der Waals surface area contributed by atoms with Gasteiger partial charge < -0.3 is 19.4 Å². The predicted octanol–water partition coefficient (Wildman–Crippen LogP) is 2.43. The lowest BCUT2D eigenvalue weighted by molar-refractivity contribution is 0.0733. The molecule has 2 aliphatic rings. The Balaban J connectivity index is 1.64. The molecular formula is C19H20N2O4. The van der Waals surface area contributed by atoms with Crippen LogP contribution in [0.15, 0.2) is 35.1 Å². The van der Waals surface area contributed by atoms with Crippen molar-refractivity contribution in [1.82, 2.24) is 9.88 Å². The number of amides is 1. The largest absolute Gasteiger partial charge is 0.486 e. The number of hydrogen-bond acceptors (Lipinski definition) is 4. The Bertz CT molecular complexity index is 874. The van der Waals surface area contributed by atoms with Crippen LogP contribution >= 0.6 is 0 Å². The molecule has 1 unspecified atom stereocenters. The first-order chi connectivity index (χ1) is 12.1. The topological polar surface area (TPSA) is 71.6 Å². The van der Waals surface area contributed by atoms with Crippen molar-refractivity contribution >= 4 is 5.91 Å². The van der Waals surface area contributed by atoms with Crippen LogP contribution in [0.25, 0.3) is 0 Å². The molecule has 0 radical (unpaired) electrons. The number of pyridine rings is 1. The van der Waals surface area contributed by atoms with Gasteiger partial charge in [0, 0.05) is 12.2 Å². The zero-order chi connectivity index (χ0) is 17.4. The summed E-state index contributed by atoms with van der Waals surface area (Å²) in [5, 5.41) is 0. The van der Waals surface area contributed by atoms with Gasteiger partial charge in [0.05, 0.1) is 6.04 Å². The number of likely N-dealkylation sites (tertiary alicyclic amines) is 1. The van der Waals surface area contributed by atoms with Crippen LogP contribution in [0.5, 0.6) is 11.5 Å². The lowest BCUT2D eigenvalue weighted by atomic mass is 10.0. The number of carbonyl (C=O) groups is 1. The van der Waals surface area contributed by atoms with E-state index in [1.807, 2.05) is 18.2 Å². The van der Waals surface area contributed by atoms with E-state index in [0.29, 0.717) is 19.8 Å². The molecule has 1 fully saturated rings. The fourth-order valence-corrected chi connectivity index (χ4v) is 3.52. The van der Waals surface area contributed by atoms with Crippen LogP contribution in [0.2, 0.25) is 0 Å². The maximum absolute atomic E-state index is 12.9. The van der Waals surface area contributed by atoms with Crippen LogP contribution in [-0.2, 0) is 0 Å². The number of carbonyl (C=O) groups excluding carboxylic acids is 1. The number of aromatic amines is 1. The molecular weight excluding hydrogens is 320 g/mol. The summed E-state index contributed by atoms with van der Waals surface area (Å²) in [6, 6.07) is 9.13. The Labute approximate surface area is 145 Å². The van der Waals surface area contributed by atoms with Crippen molar-refractivity contribution in [2.24, 2.45) is 0 Å². The smallest absolute Gasteiger partial charge is 0.260 e. The van der Waals surface area contributed by atoms with Gasteiger partial charge in [0.1, 0.15) is 18.8 Å². The van der Waals surface area contributed by atoms with Crippen LogP contribution in [0, 0.1) is 6.92 Å². The average Bonchev–Trinajstić information content (AvgIpc) is 3.10. The van der Waals surface area contributed by atoms with Crippen LogP contribution in [0.3, 0.4) is 0 Å². The van der Waals surface area contributed by atoms with Gasteiger partial charge in [0.25, 0.3) is 11.5 Å². The second kappa shape index (κ2) is 6.27. The molecule has 4 rings (SSSR count). The highest BCUT2D eigenvalue weighted by molar-refractivity contribution is 5.94. The van der Waals surface area contributed by atoms with E-state index < -0.39 is 0 Å². The highest BCUT2D eigenvalue weighted by atomic mass is 16.6. The molecule has 3 heterocycles. The molecule has 2 aliphatic heterocycles. The number of ether oxygens (including phenoxy) is 2. The van der Waals surface area contributed by atoms with E-state index in [1.165, 1.54) is 0 Å². The first-order valence-electron chi connectivity index (χ1n) is 8.54. The molecule has 1 amide bonds. The lowest BCUT2D eigenvalue weighted by Crippen LogP contribution is -2.34. The SMILES string of the molecule is Cc1ccc(C(=O)N2CCCC2c2ccc3c(c2)OCCO3)c(=O)[nH]1. The molecule has 1 N–H and O–H groups in total. The Hall–Kier alpha value is -2.76. The second-order valence-corrected chi connectivity index (χ2v) is 6.44. The Morgan fingerprint density at radius 3 is 2.76 bits per heavy atom. The molecule has 0 aliphatic carbocycles. The Morgan fingerprint density at radius 1 is 1.16 bits per heavy atom. The summed E-state index contributed by atoms with van der Waals surface area (Å²) < 4.78 is 11.2. The van der Waals surface area contributed by atoms with E-state index in [1.54, 1.807) is 24.0 Å². The minimum atomic E-state index is -0.335. The van der Waals surface area contributed by atoms with E-state index >= 15 is 0 Å². The van der Waals surface area contributed by atoms with Crippen LogP contribution in [0.1, 0.15) is 40.5 Å². The molecule has 6 heteroatoms. The lowest BCUT2D eigenvalue weighted by Gasteiger charge is -2.26. The fourth-order valence-electron chi connectivity index (χ4n) is 3.52. The van der Waals surface area contributed by atoms with Crippen molar-refractivity contribution in [2.45, 2.75) is 25.8 Å². The number of benzene rings is 1. The Kier molecular flexibility index (Phi) is 3.95. The summed E-state index contributed by atoms with van der Waals surface area (Å²) in [4.78, 5) is 29.5. The quantitative estimate of drug-likeness (QED) is 0.911. The predicted molar refractivity (Wildman–Crippen MR) is 92.2 cm³/mol. The van der Waals surface area contributed by atoms with E-state index in [9.17, 15) is 9.59 Å². The van der Waals surface area contributed by atoms with Crippen molar-refractivity contribution in [3.8, 4) is 11.5 Å². The number of aryl methyl sites for hydroxylation is 1. The van der Waals surface area contributed by atoms with E-state index in [2.05, 4.69) is 4.98 Å². The van der Waals surface area contributed by atoms with Gasteiger partial charge in [-0.15, -0.1) is 0 Å². The van der Waals surface area contributed by atoms with Crippen molar-refractivity contribution in [3.05, 3.63) is 57.5 Å². The normalized spacial score (nSPS) is 19.1. The van der Waals surface area contributed by atoms with Gasteiger partial charge in [-0.05, 0) is 49.6 Å². The molecule has 0 saturated carbocycles. The van der Waals surface area contributed by atoms with E-state index in [0.717, 1.165) is 35.6 Å². The third-order valence-corrected chi connectivity index (χ3v) is 4.75. The van der Waals surface area contributed by atoms with Crippen LogP contribution in [0.4, 0.5) is 0 Å². The van der Waals surface area contributed by atoms with Crippen molar-refractivity contribution in [2.75, 3.05) is 19.8 Å². The average molecular weight is 340 g/mol. The van der Waals surface area contributed by atoms with Crippen LogP contribution in [-0.4, -0.2) is 35.5 Å². The van der Waals surface area contributed by atoms with Crippen molar-refractivity contribution in [3.63, 3.8) is 0 Å². The molecule has 1 aromatic heterocycles. The van der Waals surface area contributed by atoms with Gasteiger partial charge in [-0.3, -0.25) is 9.59 Å². The van der Waals surface area contributed by atoms with Crippen molar-refractivity contribution < 1.29 is 14.3 Å². The summed E-state index contributed by atoms with van der Waals surface area (Å²) >= 11 is 0. The Morgan fingerprint density at radius 2 is 1.96 bits per heavy atom. The van der Waals surface area contributed by atoms with E-state index in [-0.39, 0.29) is 23.1 Å². The van der Waals surface area contributed by atoms with Gasteiger partial charge >= 0.3 is 0 Å². The molecule has 0 bridgehead atoms. The zero-order valence-electron chi connectivity index (χ0n) is 14.1. The standard InChI is InChI=1S/C19H20N2O4/c1-12-4-6-14(18(22)20-12)19(23)21-8-2-3-15(21)13-5-7-16-17(11-13)25-10-9-24-16/h4-7,11,15H,2-3,8-10H2,1H3,(H,20,22). The van der Waals surface area contributed by atoms with Gasteiger partial charge in [0.15, 0.2) is 11.5 Å². The summed E-state index contributed by atoms with van der Waals surface area (Å²) in [6.45, 7) is 3.52. The zero-order valence-corrected chi connectivity index (χ0v) is 14.1. The molecule has 6 nitrogen and oxygen atoms in total. The van der Waals surface area contributed by atoms with Gasteiger partial charge in [0.2, 0.25) is 0 Å². The molecule has 2 aromatic rings. The number of H-pyrrole nitrogens is 1. The van der Waals surface area contributed by atoms with Crippen LogP contribution < -0.4 is 15.0 Å². The number of hydrogen-bond donors (Lipinski definition) is 1. The minimum Gasteiger partial charge on any atom is -0.486 e. The molecule has 1 saturated heterocycles. The highest BCUT2D eigenvalue weighted by Crippen LogP contribution is 2.38. The number of nitrogens with zero attached hydrogens (tertiary/aromatic N) is 1. The number of rotatable bonds is 2. The summed E-state index contributed by atoms with van der Waals surface area (Å²) in [6.07, 6.45) is 1.78. The van der Waals surface area contributed by atoms with E-state index in [4.69, 9.17) is 9.47 Å². The summed E-state index contributed by atoms with van der Waals surface area (Å²) in [5.74, 6) is 1.23.